The van der Waals surface area contributed by atoms with Crippen LogP contribution >= 0.6 is 23.2 Å². The maximum absolute atomic E-state index is 11.9. The molecule has 0 aromatic heterocycles. The van der Waals surface area contributed by atoms with E-state index in [4.69, 9.17) is 28.3 Å². The van der Waals surface area contributed by atoms with Crippen LogP contribution in [0.2, 0.25) is 10.0 Å². The number of rotatable bonds is 3. The molecule has 1 aromatic rings. The van der Waals surface area contributed by atoms with Crippen molar-refractivity contribution in [3.8, 4) is 5.75 Å². The number of carbonyl (C=O) groups excluding carboxylic acids is 1. The van der Waals surface area contributed by atoms with Crippen molar-refractivity contribution in [1.29, 1.82) is 0 Å². The highest BCUT2D eigenvalue weighted by atomic mass is 35.5. The minimum atomic E-state index is -0.217. The molecule has 1 fully saturated rings. The van der Waals surface area contributed by atoms with E-state index in [0.717, 1.165) is 0 Å². The number of aliphatic hydroxyl groups excluding tert-OH is 1. The second kappa shape index (κ2) is 5.57. The quantitative estimate of drug-likeness (QED) is 0.901. The first-order valence-corrected chi connectivity index (χ1v) is 6.80. The van der Waals surface area contributed by atoms with Gasteiger partial charge >= 0.3 is 0 Å². The Hall–Kier alpha value is -0.970. The molecule has 0 radical (unpaired) electrons. The van der Waals surface area contributed by atoms with E-state index < -0.39 is 0 Å². The minimum Gasteiger partial charge on any atom is -0.508 e. The molecule has 6 heteroatoms. The lowest BCUT2D eigenvalue weighted by Gasteiger charge is -2.25. The van der Waals surface area contributed by atoms with E-state index in [1.54, 1.807) is 4.90 Å². The van der Waals surface area contributed by atoms with Gasteiger partial charge in [-0.25, -0.2) is 0 Å². The third kappa shape index (κ3) is 2.53. The zero-order valence-corrected chi connectivity index (χ0v) is 11.9. The predicted molar refractivity (Wildman–Crippen MR) is 73.7 cm³/mol. The topological polar surface area (TPSA) is 60.8 Å². The summed E-state index contributed by atoms with van der Waals surface area (Å²) < 4.78 is 0. The molecule has 19 heavy (non-hydrogen) atoms. The summed E-state index contributed by atoms with van der Waals surface area (Å²) in [6.45, 7) is 2.08. The van der Waals surface area contributed by atoms with E-state index >= 15 is 0 Å². The molecule has 2 N–H and O–H groups in total. The lowest BCUT2D eigenvalue weighted by molar-refractivity contribution is -0.129. The number of amides is 1. The maximum Gasteiger partial charge on any atom is 0.223 e. The summed E-state index contributed by atoms with van der Waals surface area (Å²) in [4.78, 5) is 13.5. The number of halogens is 2. The van der Waals surface area contributed by atoms with Crippen molar-refractivity contribution in [3.05, 3.63) is 27.7 Å². The summed E-state index contributed by atoms with van der Waals surface area (Å²) in [6, 6.07) is 2.87. The summed E-state index contributed by atoms with van der Waals surface area (Å²) in [5.41, 5.74) is 0.510. The molecule has 1 aliphatic rings. The van der Waals surface area contributed by atoms with Gasteiger partial charge in [-0.2, -0.15) is 0 Å². The van der Waals surface area contributed by atoms with Crippen LogP contribution in [0.5, 0.6) is 5.75 Å². The number of nitrogens with zero attached hydrogens (tertiary/aromatic N) is 1. The highest BCUT2D eigenvalue weighted by molar-refractivity contribution is 6.42. The fourth-order valence-corrected chi connectivity index (χ4v) is 3.07. The number of likely N-dealkylation sites (tertiary alicyclic amines) is 1. The molecule has 1 aliphatic heterocycles. The third-order valence-corrected chi connectivity index (χ3v) is 4.43. The normalized spacial score (nSPS) is 23.2. The van der Waals surface area contributed by atoms with Gasteiger partial charge in [0.1, 0.15) is 5.75 Å². The van der Waals surface area contributed by atoms with Gasteiger partial charge in [0, 0.05) is 30.5 Å². The third-order valence-electron chi connectivity index (χ3n) is 3.61. The Labute approximate surface area is 121 Å². The number of phenolic OH excluding ortho intramolecular Hbond substituents is 1. The van der Waals surface area contributed by atoms with E-state index in [2.05, 4.69) is 0 Å². The van der Waals surface area contributed by atoms with Crippen LogP contribution in [0.25, 0.3) is 0 Å². The number of aliphatic hydroxyl groups is 1. The molecule has 2 atom stereocenters. The van der Waals surface area contributed by atoms with Crippen LogP contribution in [0.4, 0.5) is 0 Å². The largest absolute Gasteiger partial charge is 0.508 e. The highest BCUT2D eigenvalue weighted by Crippen LogP contribution is 2.44. The van der Waals surface area contributed by atoms with Gasteiger partial charge in [0.05, 0.1) is 16.7 Å². The minimum absolute atomic E-state index is 0.0462. The van der Waals surface area contributed by atoms with Crippen LogP contribution in [0.3, 0.4) is 0 Å². The Kier molecular flexibility index (Phi) is 4.23. The van der Waals surface area contributed by atoms with Crippen LogP contribution in [-0.2, 0) is 4.79 Å². The summed E-state index contributed by atoms with van der Waals surface area (Å²) in [6.07, 6.45) is 0.259. The molecule has 0 bridgehead atoms. The van der Waals surface area contributed by atoms with E-state index in [1.165, 1.54) is 12.1 Å². The first kappa shape index (κ1) is 14.4. The second-order valence-electron chi connectivity index (χ2n) is 4.66. The van der Waals surface area contributed by atoms with Crippen LogP contribution in [0, 0.1) is 0 Å². The molecule has 104 valence electrons. The van der Waals surface area contributed by atoms with Gasteiger partial charge in [0.15, 0.2) is 0 Å². The summed E-state index contributed by atoms with van der Waals surface area (Å²) in [5, 5.41) is 19.6. The summed E-state index contributed by atoms with van der Waals surface area (Å²) in [7, 11) is 0. The van der Waals surface area contributed by atoms with Gasteiger partial charge in [0.25, 0.3) is 0 Å². The number of hydrogen-bond donors (Lipinski definition) is 2. The van der Waals surface area contributed by atoms with Gasteiger partial charge in [-0.05, 0) is 19.1 Å². The number of phenols is 1. The van der Waals surface area contributed by atoms with Gasteiger partial charge in [-0.3, -0.25) is 4.79 Å². The molecular weight excluding hydrogens is 289 g/mol. The first-order chi connectivity index (χ1) is 8.97. The number of β-amino-alcohol motifs (C(OH)–C–C–N with tert-alkyl or cyclic N) is 1. The standard InChI is InChI=1S/C13H15Cl2NO3/c1-7-8(6-11(19)16(7)4-5-17)12-10(18)3-2-9(14)13(12)15/h2-3,7-8,17-18H,4-6H2,1H3/t7-,8+/m1/s1. The first-order valence-electron chi connectivity index (χ1n) is 6.04. The van der Waals surface area contributed by atoms with E-state index in [1.807, 2.05) is 6.92 Å². The zero-order valence-electron chi connectivity index (χ0n) is 10.4. The fourth-order valence-electron chi connectivity index (χ4n) is 2.61. The van der Waals surface area contributed by atoms with Crippen molar-refractivity contribution in [3.63, 3.8) is 0 Å². The van der Waals surface area contributed by atoms with Crippen molar-refractivity contribution < 1.29 is 15.0 Å². The molecule has 4 nitrogen and oxygen atoms in total. The number of hydrogen-bond acceptors (Lipinski definition) is 3. The van der Waals surface area contributed by atoms with Crippen molar-refractivity contribution in [2.24, 2.45) is 0 Å². The Bertz CT molecular complexity index is 507. The molecule has 1 heterocycles. The lowest BCUT2D eigenvalue weighted by atomic mass is 9.91. The SMILES string of the molecule is C[C@@H]1[C@@H](c2c(O)ccc(Cl)c2Cl)CC(=O)N1CCO. The van der Waals surface area contributed by atoms with Crippen LogP contribution < -0.4 is 0 Å². The van der Waals surface area contributed by atoms with E-state index in [0.29, 0.717) is 10.6 Å². The number of aromatic hydroxyl groups is 1. The summed E-state index contributed by atoms with van der Waals surface area (Å²) in [5.74, 6) is -0.225. The van der Waals surface area contributed by atoms with Crippen molar-refractivity contribution in [2.45, 2.75) is 25.3 Å². The molecule has 2 rings (SSSR count). The Morgan fingerprint density at radius 1 is 1.42 bits per heavy atom. The van der Waals surface area contributed by atoms with Gasteiger partial charge < -0.3 is 15.1 Å². The van der Waals surface area contributed by atoms with Crippen molar-refractivity contribution in [1.82, 2.24) is 4.90 Å². The molecule has 0 spiro atoms. The Morgan fingerprint density at radius 2 is 2.11 bits per heavy atom. The number of carbonyl (C=O) groups is 1. The highest BCUT2D eigenvalue weighted by Gasteiger charge is 2.39. The van der Waals surface area contributed by atoms with Gasteiger partial charge in [-0.15, -0.1) is 0 Å². The monoisotopic (exact) mass is 303 g/mol. The lowest BCUT2D eigenvalue weighted by Crippen LogP contribution is -2.34. The number of benzene rings is 1. The van der Waals surface area contributed by atoms with E-state index in [9.17, 15) is 9.90 Å². The summed E-state index contributed by atoms with van der Waals surface area (Å²) >= 11 is 12.1. The zero-order chi connectivity index (χ0) is 14.2. The van der Waals surface area contributed by atoms with Gasteiger partial charge in [0.2, 0.25) is 5.91 Å². The average Bonchev–Trinajstić information content (AvgIpc) is 2.63. The van der Waals surface area contributed by atoms with Crippen molar-refractivity contribution >= 4 is 29.1 Å². The molecule has 0 aliphatic carbocycles. The predicted octanol–water partition coefficient (Wildman–Crippen LogP) is 2.40. The average molecular weight is 304 g/mol. The van der Waals surface area contributed by atoms with Crippen LogP contribution in [0.1, 0.15) is 24.8 Å². The smallest absolute Gasteiger partial charge is 0.223 e. The Balaban J connectivity index is 2.39. The van der Waals surface area contributed by atoms with Gasteiger partial charge in [-0.1, -0.05) is 23.2 Å². The molecular formula is C13H15Cl2NO3. The van der Waals surface area contributed by atoms with E-state index in [-0.39, 0.29) is 48.2 Å². The maximum atomic E-state index is 11.9. The fraction of sp³-hybridized carbons (Fsp3) is 0.462. The van der Waals surface area contributed by atoms with Crippen LogP contribution in [-0.4, -0.2) is 40.2 Å². The molecule has 0 unspecified atom stereocenters. The molecule has 1 saturated heterocycles. The van der Waals surface area contributed by atoms with Crippen molar-refractivity contribution in [2.75, 3.05) is 13.2 Å². The second-order valence-corrected chi connectivity index (χ2v) is 5.44. The molecule has 1 amide bonds. The molecule has 0 saturated carbocycles. The Morgan fingerprint density at radius 3 is 2.74 bits per heavy atom. The molecule has 1 aromatic carbocycles. The van der Waals surface area contributed by atoms with Crippen LogP contribution in [0.15, 0.2) is 12.1 Å².